The number of amides is 1. The highest BCUT2D eigenvalue weighted by Crippen LogP contribution is 2.29. The molecule has 140 valence electrons. The van der Waals surface area contributed by atoms with E-state index in [4.69, 9.17) is 9.72 Å². The molecule has 1 unspecified atom stereocenters. The number of nitrogens with zero attached hydrogens (tertiary/aromatic N) is 3. The van der Waals surface area contributed by atoms with Gasteiger partial charge in [-0.2, -0.15) is 0 Å². The number of carbonyl (C=O) groups is 1. The second-order valence-corrected chi connectivity index (χ2v) is 8.56. The summed E-state index contributed by atoms with van der Waals surface area (Å²) in [6.07, 6.45) is 3.11. The Bertz CT molecular complexity index is 903. The quantitative estimate of drug-likeness (QED) is 0.810. The lowest BCUT2D eigenvalue weighted by Gasteiger charge is -2.34. The fourth-order valence-corrected chi connectivity index (χ4v) is 5.22. The molecular formula is C19H25N3O3S. The molecule has 26 heavy (non-hydrogen) atoms. The molecule has 2 aliphatic rings. The number of piperidine rings is 1. The lowest BCUT2D eigenvalue weighted by molar-refractivity contribution is -0.142. The molecule has 7 heteroatoms. The van der Waals surface area contributed by atoms with E-state index in [0.29, 0.717) is 19.7 Å². The van der Waals surface area contributed by atoms with Gasteiger partial charge in [0.15, 0.2) is 0 Å². The lowest BCUT2D eigenvalue weighted by Crippen LogP contribution is -2.45. The van der Waals surface area contributed by atoms with Crippen LogP contribution in [0, 0.1) is 20.8 Å². The largest absolute Gasteiger partial charge is 0.368 e. The SMILES string of the molecule is Cc1sc2nc(C)n(C3CCN(C(=O)C4CCCO4)CC3)c(=O)c2c1C. The zero-order valence-electron chi connectivity index (χ0n) is 15.6. The third-order valence-electron chi connectivity index (χ3n) is 5.76. The fraction of sp³-hybridized carbons (Fsp3) is 0.632. The number of rotatable bonds is 2. The fourth-order valence-electron chi connectivity index (χ4n) is 4.16. The zero-order valence-corrected chi connectivity index (χ0v) is 16.4. The van der Waals surface area contributed by atoms with Crippen LogP contribution in [0.25, 0.3) is 10.2 Å². The topological polar surface area (TPSA) is 64.4 Å². The van der Waals surface area contributed by atoms with E-state index in [1.165, 1.54) is 0 Å². The molecule has 1 amide bonds. The first kappa shape index (κ1) is 17.7. The summed E-state index contributed by atoms with van der Waals surface area (Å²) in [5.41, 5.74) is 1.11. The van der Waals surface area contributed by atoms with E-state index in [1.807, 2.05) is 30.2 Å². The van der Waals surface area contributed by atoms with Crippen molar-refractivity contribution in [2.24, 2.45) is 0 Å². The predicted molar refractivity (Wildman–Crippen MR) is 102 cm³/mol. The van der Waals surface area contributed by atoms with Crippen LogP contribution in [0.5, 0.6) is 0 Å². The summed E-state index contributed by atoms with van der Waals surface area (Å²) in [5, 5.41) is 0.760. The van der Waals surface area contributed by atoms with Gasteiger partial charge in [-0.1, -0.05) is 0 Å². The van der Waals surface area contributed by atoms with E-state index in [2.05, 4.69) is 0 Å². The molecule has 0 spiro atoms. The van der Waals surface area contributed by atoms with Crippen LogP contribution < -0.4 is 5.56 Å². The van der Waals surface area contributed by atoms with E-state index in [1.54, 1.807) is 11.3 Å². The first-order valence-electron chi connectivity index (χ1n) is 9.36. The molecule has 0 aromatic carbocycles. The minimum atomic E-state index is -0.259. The third kappa shape index (κ3) is 2.87. The molecule has 0 N–H and O–H groups in total. The van der Waals surface area contributed by atoms with Gasteiger partial charge in [-0.25, -0.2) is 4.98 Å². The van der Waals surface area contributed by atoms with Gasteiger partial charge in [0.05, 0.1) is 5.39 Å². The highest BCUT2D eigenvalue weighted by atomic mass is 32.1. The molecule has 0 aliphatic carbocycles. The van der Waals surface area contributed by atoms with Crippen LogP contribution in [0.3, 0.4) is 0 Å². The molecule has 6 nitrogen and oxygen atoms in total. The Morgan fingerprint density at radius 3 is 2.58 bits per heavy atom. The van der Waals surface area contributed by atoms with Crippen molar-refractivity contribution in [1.82, 2.24) is 14.5 Å². The molecule has 2 aromatic heterocycles. The average molecular weight is 375 g/mol. The molecule has 4 heterocycles. The van der Waals surface area contributed by atoms with Gasteiger partial charge in [0.2, 0.25) is 0 Å². The summed E-state index contributed by atoms with van der Waals surface area (Å²) in [6, 6.07) is 0.104. The number of ether oxygens (including phenoxy) is 1. The van der Waals surface area contributed by atoms with Gasteiger partial charge in [-0.05, 0) is 52.0 Å². The standard InChI is InChI=1S/C19H25N3O3S/c1-11-12(2)26-17-16(11)19(24)22(13(3)20-17)14-6-8-21(9-7-14)18(23)15-5-4-10-25-15/h14-15H,4-10H2,1-3H3. The summed E-state index contributed by atoms with van der Waals surface area (Å²) in [6.45, 7) is 7.99. The first-order valence-corrected chi connectivity index (χ1v) is 10.2. The maximum absolute atomic E-state index is 13.1. The number of aryl methyl sites for hydroxylation is 3. The summed E-state index contributed by atoms with van der Waals surface area (Å²) < 4.78 is 7.38. The number of hydrogen-bond donors (Lipinski definition) is 0. The van der Waals surface area contributed by atoms with Gasteiger partial charge >= 0.3 is 0 Å². The summed E-state index contributed by atoms with van der Waals surface area (Å²) in [5.74, 6) is 0.885. The molecule has 0 radical (unpaired) electrons. The molecule has 2 aliphatic heterocycles. The average Bonchev–Trinajstić information content (AvgIpc) is 3.24. The van der Waals surface area contributed by atoms with Gasteiger partial charge in [0.1, 0.15) is 16.8 Å². The highest BCUT2D eigenvalue weighted by molar-refractivity contribution is 7.18. The molecule has 4 rings (SSSR count). The van der Waals surface area contributed by atoms with Crippen molar-refractivity contribution in [3.63, 3.8) is 0 Å². The van der Waals surface area contributed by atoms with Gasteiger partial charge in [-0.3, -0.25) is 14.2 Å². The zero-order chi connectivity index (χ0) is 18.4. The third-order valence-corrected chi connectivity index (χ3v) is 6.86. The smallest absolute Gasteiger partial charge is 0.262 e. The van der Waals surface area contributed by atoms with Crippen molar-refractivity contribution < 1.29 is 9.53 Å². The molecule has 2 aromatic rings. The second-order valence-electron chi connectivity index (χ2n) is 7.36. The van der Waals surface area contributed by atoms with Crippen LogP contribution in [0.15, 0.2) is 4.79 Å². The van der Waals surface area contributed by atoms with Crippen LogP contribution in [0.2, 0.25) is 0 Å². The van der Waals surface area contributed by atoms with Gasteiger partial charge < -0.3 is 9.64 Å². The van der Waals surface area contributed by atoms with Gasteiger partial charge in [0.25, 0.3) is 11.5 Å². The lowest BCUT2D eigenvalue weighted by atomic mass is 10.0. The van der Waals surface area contributed by atoms with Gasteiger partial charge in [-0.15, -0.1) is 11.3 Å². The van der Waals surface area contributed by atoms with Gasteiger partial charge in [0, 0.05) is 30.6 Å². The van der Waals surface area contributed by atoms with Crippen LogP contribution in [0.1, 0.15) is 48.0 Å². The van der Waals surface area contributed by atoms with Crippen LogP contribution in [-0.2, 0) is 9.53 Å². The van der Waals surface area contributed by atoms with Crippen molar-refractivity contribution in [3.8, 4) is 0 Å². The summed E-state index contributed by atoms with van der Waals surface area (Å²) in [7, 11) is 0. The van der Waals surface area contributed by atoms with E-state index in [-0.39, 0.29) is 23.6 Å². The van der Waals surface area contributed by atoms with E-state index in [0.717, 1.165) is 52.2 Å². The van der Waals surface area contributed by atoms with E-state index in [9.17, 15) is 9.59 Å². The molecule has 1 atom stereocenters. The Balaban J connectivity index is 1.57. The highest BCUT2D eigenvalue weighted by Gasteiger charge is 2.32. The van der Waals surface area contributed by atoms with Crippen LogP contribution >= 0.6 is 11.3 Å². The van der Waals surface area contributed by atoms with Crippen LogP contribution in [0.4, 0.5) is 0 Å². The minimum absolute atomic E-state index is 0.0678. The first-order chi connectivity index (χ1) is 12.5. The number of carbonyl (C=O) groups excluding carboxylic acids is 1. The molecule has 2 saturated heterocycles. The maximum Gasteiger partial charge on any atom is 0.262 e. The summed E-state index contributed by atoms with van der Waals surface area (Å²) in [4.78, 5) is 34.2. The predicted octanol–water partition coefficient (Wildman–Crippen LogP) is 2.73. The van der Waals surface area contributed by atoms with Crippen LogP contribution in [-0.4, -0.2) is 46.2 Å². The monoisotopic (exact) mass is 375 g/mol. The number of aromatic nitrogens is 2. The molecule has 0 saturated carbocycles. The Morgan fingerprint density at radius 2 is 1.92 bits per heavy atom. The van der Waals surface area contributed by atoms with E-state index < -0.39 is 0 Å². The Kier molecular flexibility index (Phi) is 4.61. The van der Waals surface area contributed by atoms with Crippen molar-refractivity contribution in [3.05, 3.63) is 26.6 Å². The Hall–Kier alpha value is -1.73. The Morgan fingerprint density at radius 1 is 1.19 bits per heavy atom. The number of fused-ring (bicyclic) bond motifs is 1. The molecule has 0 bridgehead atoms. The number of likely N-dealkylation sites (tertiary alicyclic amines) is 1. The van der Waals surface area contributed by atoms with Crippen molar-refractivity contribution in [1.29, 1.82) is 0 Å². The minimum Gasteiger partial charge on any atom is -0.368 e. The maximum atomic E-state index is 13.1. The second kappa shape index (κ2) is 6.78. The van der Waals surface area contributed by atoms with Crippen molar-refractivity contribution in [2.75, 3.05) is 19.7 Å². The van der Waals surface area contributed by atoms with E-state index >= 15 is 0 Å². The Labute approximate surface area is 156 Å². The van der Waals surface area contributed by atoms with Crippen molar-refractivity contribution >= 4 is 27.5 Å². The normalized spacial score (nSPS) is 21.7. The number of hydrogen-bond acceptors (Lipinski definition) is 5. The summed E-state index contributed by atoms with van der Waals surface area (Å²) >= 11 is 1.59. The number of thiophene rings is 1. The van der Waals surface area contributed by atoms with Crippen molar-refractivity contribution in [2.45, 2.75) is 58.6 Å². The molecular weight excluding hydrogens is 350 g/mol. The molecule has 2 fully saturated rings.